The maximum Gasteiger partial charge on any atom is 0.341 e. The lowest BCUT2D eigenvalue weighted by Gasteiger charge is -2.37. The zero-order chi connectivity index (χ0) is 19.4. The Labute approximate surface area is 164 Å². The summed E-state index contributed by atoms with van der Waals surface area (Å²) in [4.78, 5) is 28.9. The Balaban J connectivity index is 1.70. The lowest BCUT2D eigenvalue weighted by Crippen LogP contribution is -2.50. The molecule has 2 amide bonds. The number of urea groups is 1. The van der Waals surface area contributed by atoms with Crippen LogP contribution in [0.5, 0.6) is 5.75 Å². The highest BCUT2D eigenvalue weighted by molar-refractivity contribution is 6.34. The van der Waals surface area contributed by atoms with Crippen LogP contribution in [0, 0.1) is 0 Å². The summed E-state index contributed by atoms with van der Waals surface area (Å²) in [7, 11) is 2.74. The first kappa shape index (κ1) is 19.8. The summed E-state index contributed by atoms with van der Waals surface area (Å²) >= 11 is 6.27. The lowest BCUT2D eigenvalue weighted by molar-refractivity contribution is 0.0597. The third-order valence-corrected chi connectivity index (χ3v) is 5.59. The van der Waals surface area contributed by atoms with E-state index in [-0.39, 0.29) is 16.6 Å². The lowest BCUT2D eigenvalue weighted by atomic mass is 10.0. The van der Waals surface area contributed by atoms with Gasteiger partial charge in [0.05, 0.1) is 24.9 Å². The van der Waals surface area contributed by atoms with E-state index in [1.165, 1.54) is 33.1 Å². The molecule has 1 N–H and O–H groups in total. The van der Waals surface area contributed by atoms with Crippen LogP contribution in [-0.2, 0) is 4.74 Å². The number of rotatable bonds is 4. The predicted molar refractivity (Wildman–Crippen MR) is 104 cm³/mol. The monoisotopic (exact) mass is 395 g/mol. The fraction of sp³-hybridized carbons (Fsp3) is 0.579. The Morgan fingerprint density at radius 3 is 2.56 bits per heavy atom. The van der Waals surface area contributed by atoms with Crippen LogP contribution in [0.15, 0.2) is 12.1 Å². The highest BCUT2D eigenvalue weighted by Crippen LogP contribution is 2.32. The van der Waals surface area contributed by atoms with E-state index in [1.807, 2.05) is 4.90 Å². The van der Waals surface area contributed by atoms with Gasteiger partial charge in [0, 0.05) is 25.2 Å². The number of carbonyl (C=O) groups excluding carboxylic acids is 2. The van der Waals surface area contributed by atoms with Crippen molar-refractivity contribution in [2.45, 2.75) is 31.7 Å². The number of halogens is 1. The summed E-state index contributed by atoms with van der Waals surface area (Å²) in [6.45, 7) is 3.70. The fourth-order valence-electron chi connectivity index (χ4n) is 3.83. The third kappa shape index (κ3) is 4.47. The van der Waals surface area contributed by atoms with Gasteiger partial charge in [0.2, 0.25) is 0 Å². The van der Waals surface area contributed by atoms with Crippen molar-refractivity contribution >= 4 is 29.3 Å². The van der Waals surface area contributed by atoms with Crippen molar-refractivity contribution in [3.63, 3.8) is 0 Å². The second-order valence-electron chi connectivity index (χ2n) is 6.94. The van der Waals surface area contributed by atoms with E-state index in [1.54, 1.807) is 6.07 Å². The Morgan fingerprint density at radius 1 is 1.15 bits per heavy atom. The quantitative estimate of drug-likeness (QED) is 0.792. The number of hydrogen-bond donors (Lipinski definition) is 1. The first-order chi connectivity index (χ1) is 13.0. The number of likely N-dealkylation sites (tertiary alicyclic amines) is 2. The van der Waals surface area contributed by atoms with Gasteiger partial charge in [0.15, 0.2) is 0 Å². The minimum Gasteiger partial charge on any atom is -0.496 e. The molecule has 2 heterocycles. The second kappa shape index (κ2) is 8.80. The maximum absolute atomic E-state index is 12.8. The van der Waals surface area contributed by atoms with Gasteiger partial charge in [-0.1, -0.05) is 11.6 Å². The number of esters is 1. The molecule has 2 saturated heterocycles. The van der Waals surface area contributed by atoms with Crippen LogP contribution in [0.1, 0.15) is 36.0 Å². The minimum absolute atomic E-state index is 0.186. The summed E-state index contributed by atoms with van der Waals surface area (Å²) in [5, 5.41) is 3.12. The number of ether oxygens (including phenoxy) is 2. The fourth-order valence-corrected chi connectivity index (χ4v) is 4.04. The molecule has 0 spiro atoms. The Bertz CT molecular complexity index is 706. The molecule has 2 aliphatic heterocycles. The van der Waals surface area contributed by atoms with E-state index >= 15 is 0 Å². The smallest absolute Gasteiger partial charge is 0.341 e. The number of anilines is 1. The zero-order valence-corrected chi connectivity index (χ0v) is 16.6. The summed E-state index contributed by atoms with van der Waals surface area (Å²) in [5.74, 6) is -0.244. The standard InChI is InChI=1S/C19H26ClN3O4/c1-26-17-11-16(15(20)10-14(17)18(24)27-2)21-19(25)23-9-5-6-13(12-23)22-7-3-4-8-22/h10-11,13H,3-9,12H2,1-2H3,(H,21,25)/t13-/m0/s1. The van der Waals surface area contributed by atoms with Gasteiger partial charge >= 0.3 is 12.0 Å². The first-order valence-electron chi connectivity index (χ1n) is 9.29. The zero-order valence-electron chi connectivity index (χ0n) is 15.8. The summed E-state index contributed by atoms with van der Waals surface area (Å²) in [6, 6.07) is 3.24. The molecule has 0 aliphatic carbocycles. The number of benzene rings is 1. The van der Waals surface area contributed by atoms with Crippen molar-refractivity contribution in [3.8, 4) is 5.75 Å². The average Bonchev–Trinajstić information content (AvgIpc) is 3.23. The molecule has 27 heavy (non-hydrogen) atoms. The molecule has 3 rings (SSSR count). The topological polar surface area (TPSA) is 71.1 Å². The number of nitrogens with zero attached hydrogens (tertiary/aromatic N) is 2. The van der Waals surface area contributed by atoms with Crippen LogP contribution in [0.4, 0.5) is 10.5 Å². The number of hydrogen-bond acceptors (Lipinski definition) is 5. The van der Waals surface area contributed by atoms with Crippen molar-refractivity contribution in [1.82, 2.24) is 9.80 Å². The van der Waals surface area contributed by atoms with E-state index < -0.39 is 5.97 Å². The molecule has 148 valence electrons. The molecule has 0 radical (unpaired) electrons. The number of methoxy groups -OCH3 is 2. The largest absolute Gasteiger partial charge is 0.496 e. The van der Waals surface area contributed by atoms with Crippen LogP contribution in [-0.4, -0.2) is 68.2 Å². The van der Waals surface area contributed by atoms with Gasteiger partial charge in [-0.2, -0.15) is 0 Å². The van der Waals surface area contributed by atoms with E-state index in [4.69, 9.17) is 21.1 Å². The Kier molecular flexibility index (Phi) is 6.44. The normalized spacial score (nSPS) is 20.4. The molecular weight excluding hydrogens is 370 g/mol. The van der Waals surface area contributed by atoms with E-state index in [0.717, 1.165) is 39.0 Å². The van der Waals surface area contributed by atoms with Crippen molar-refractivity contribution < 1.29 is 19.1 Å². The number of amides is 2. The van der Waals surface area contributed by atoms with Crippen molar-refractivity contribution in [3.05, 3.63) is 22.7 Å². The molecule has 2 fully saturated rings. The van der Waals surface area contributed by atoms with Crippen LogP contribution < -0.4 is 10.1 Å². The summed E-state index contributed by atoms with van der Waals surface area (Å²) in [5.41, 5.74) is 0.629. The predicted octanol–water partition coefficient (Wildman–Crippen LogP) is 3.23. The van der Waals surface area contributed by atoms with Gasteiger partial charge in [-0.05, 0) is 44.8 Å². The molecular formula is C19H26ClN3O4. The van der Waals surface area contributed by atoms with Crippen molar-refractivity contribution in [2.24, 2.45) is 0 Å². The molecule has 0 aromatic heterocycles. The molecule has 0 bridgehead atoms. The maximum atomic E-state index is 12.8. The first-order valence-corrected chi connectivity index (χ1v) is 9.67. The van der Waals surface area contributed by atoms with Gasteiger partial charge in [-0.25, -0.2) is 9.59 Å². The summed E-state index contributed by atoms with van der Waals surface area (Å²) in [6.07, 6.45) is 4.61. The highest BCUT2D eigenvalue weighted by Gasteiger charge is 2.29. The number of carbonyl (C=O) groups is 2. The van der Waals surface area contributed by atoms with E-state index in [9.17, 15) is 9.59 Å². The molecule has 1 aromatic carbocycles. The van der Waals surface area contributed by atoms with Crippen LogP contribution in [0.25, 0.3) is 0 Å². The van der Waals surface area contributed by atoms with Crippen molar-refractivity contribution in [1.29, 1.82) is 0 Å². The molecule has 1 aromatic rings. The Morgan fingerprint density at radius 2 is 1.89 bits per heavy atom. The molecule has 0 saturated carbocycles. The highest BCUT2D eigenvalue weighted by atomic mass is 35.5. The average molecular weight is 396 g/mol. The van der Waals surface area contributed by atoms with E-state index in [0.29, 0.717) is 17.5 Å². The van der Waals surface area contributed by atoms with E-state index in [2.05, 4.69) is 10.2 Å². The summed E-state index contributed by atoms with van der Waals surface area (Å²) < 4.78 is 9.98. The van der Waals surface area contributed by atoms with Gasteiger partial charge in [0.1, 0.15) is 11.3 Å². The molecule has 0 unspecified atom stereocenters. The van der Waals surface area contributed by atoms with Crippen molar-refractivity contribution in [2.75, 3.05) is 45.7 Å². The van der Waals surface area contributed by atoms with Gasteiger partial charge < -0.3 is 19.7 Å². The second-order valence-corrected chi connectivity index (χ2v) is 7.35. The SMILES string of the molecule is COC(=O)c1cc(Cl)c(NC(=O)N2CCC[C@H](N3CCCC3)C2)cc1OC. The molecule has 2 aliphatic rings. The molecule has 1 atom stereocenters. The van der Waals surface area contributed by atoms with Crippen LogP contribution in [0.3, 0.4) is 0 Å². The van der Waals surface area contributed by atoms with Crippen LogP contribution >= 0.6 is 11.6 Å². The third-order valence-electron chi connectivity index (χ3n) is 5.28. The van der Waals surface area contributed by atoms with Gasteiger partial charge in [-0.3, -0.25) is 4.90 Å². The number of piperidine rings is 1. The van der Waals surface area contributed by atoms with Gasteiger partial charge in [0.25, 0.3) is 0 Å². The number of nitrogens with one attached hydrogen (secondary N) is 1. The van der Waals surface area contributed by atoms with Crippen LogP contribution in [0.2, 0.25) is 5.02 Å². The molecule has 8 heteroatoms. The molecule has 7 nitrogen and oxygen atoms in total. The Hall–Kier alpha value is -1.99. The minimum atomic E-state index is -0.545. The van der Waals surface area contributed by atoms with Gasteiger partial charge in [-0.15, -0.1) is 0 Å².